The number of amides is 2. The summed E-state index contributed by atoms with van der Waals surface area (Å²) >= 11 is 0. The molecule has 7 nitrogen and oxygen atoms in total. The number of hydrogen-bond donors (Lipinski definition) is 2. The predicted molar refractivity (Wildman–Crippen MR) is 125 cm³/mol. The van der Waals surface area contributed by atoms with Crippen LogP contribution >= 0.6 is 0 Å². The summed E-state index contributed by atoms with van der Waals surface area (Å²) in [6.07, 6.45) is 6.52. The number of ketones is 1. The van der Waals surface area contributed by atoms with E-state index in [-0.39, 0.29) is 29.4 Å². The lowest BCUT2D eigenvalue weighted by Crippen LogP contribution is -2.59. The number of Topliss-reactive ketones (excluding diaryl/α,β-unsaturated/α-hetero) is 1. The molecule has 180 valence electrons. The second-order valence-corrected chi connectivity index (χ2v) is 10.9. The predicted octanol–water partition coefficient (Wildman–Crippen LogP) is 2.67. The summed E-state index contributed by atoms with van der Waals surface area (Å²) in [6, 6.07) is 10.5. The van der Waals surface area contributed by atoms with E-state index < -0.39 is 5.60 Å². The molecule has 0 unspecified atom stereocenters. The molecule has 2 aliphatic heterocycles. The van der Waals surface area contributed by atoms with Gasteiger partial charge in [0, 0.05) is 24.4 Å². The number of hydrogen-bond acceptors (Lipinski definition) is 5. The van der Waals surface area contributed by atoms with E-state index in [1.54, 1.807) is 4.90 Å². The van der Waals surface area contributed by atoms with E-state index in [0.717, 1.165) is 44.9 Å². The monoisotopic (exact) mass is 455 g/mol. The van der Waals surface area contributed by atoms with Crippen LogP contribution in [0.15, 0.2) is 30.3 Å². The molecule has 0 bridgehead atoms. The molecule has 1 aromatic rings. The number of β-amino-alcohol motifs (C(OH)–C–C–N with tert-alkyl or cyclic N) is 1. The average molecular weight is 456 g/mol. The zero-order valence-electron chi connectivity index (χ0n) is 19.7. The van der Waals surface area contributed by atoms with Crippen LogP contribution in [0.1, 0.15) is 56.9 Å². The lowest BCUT2D eigenvalue weighted by Gasteiger charge is -2.50. The van der Waals surface area contributed by atoms with Crippen molar-refractivity contribution in [2.75, 3.05) is 39.9 Å². The van der Waals surface area contributed by atoms with Gasteiger partial charge in [0.1, 0.15) is 0 Å². The van der Waals surface area contributed by atoms with E-state index in [2.05, 4.69) is 29.6 Å². The zero-order chi connectivity index (χ0) is 23.1. The van der Waals surface area contributed by atoms with Gasteiger partial charge in [-0.1, -0.05) is 30.3 Å². The first-order valence-electron chi connectivity index (χ1n) is 12.5. The van der Waals surface area contributed by atoms with Gasteiger partial charge < -0.3 is 25.0 Å². The Bertz CT molecular complexity index is 873. The number of benzene rings is 1. The summed E-state index contributed by atoms with van der Waals surface area (Å²) in [5, 5.41) is 14.5. The van der Waals surface area contributed by atoms with Crippen LogP contribution in [0.3, 0.4) is 0 Å². The van der Waals surface area contributed by atoms with Crippen LogP contribution in [-0.4, -0.2) is 77.8 Å². The molecule has 1 spiro atoms. The lowest BCUT2D eigenvalue weighted by atomic mass is 9.68. The molecular weight excluding hydrogens is 418 g/mol. The van der Waals surface area contributed by atoms with Crippen molar-refractivity contribution in [3.05, 3.63) is 35.9 Å². The molecule has 7 heteroatoms. The first kappa shape index (κ1) is 22.8. The Morgan fingerprint density at radius 1 is 1.12 bits per heavy atom. The molecule has 2 saturated heterocycles. The van der Waals surface area contributed by atoms with Crippen LogP contribution < -0.4 is 5.32 Å². The highest BCUT2D eigenvalue weighted by molar-refractivity contribution is 5.87. The fraction of sp³-hybridized carbons (Fsp3) is 0.692. The number of nitrogens with zero attached hydrogens (tertiary/aromatic N) is 2. The van der Waals surface area contributed by atoms with Crippen LogP contribution in [-0.2, 0) is 15.1 Å². The van der Waals surface area contributed by atoms with Gasteiger partial charge >= 0.3 is 6.03 Å². The van der Waals surface area contributed by atoms with Gasteiger partial charge in [-0.05, 0) is 57.6 Å². The minimum Gasteiger partial charge on any atom is -0.388 e. The Morgan fingerprint density at radius 3 is 2.36 bits per heavy atom. The maximum Gasteiger partial charge on any atom is 0.321 e. The molecule has 4 aliphatic rings. The highest BCUT2D eigenvalue weighted by Gasteiger charge is 2.56. The molecule has 2 N–H and O–H groups in total. The van der Waals surface area contributed by atoms with Gasteiger partial charge in [-0.25, -0.2) is 4.79 Å². The fourth-order valence-electron chi connectivity index (χ4n) is 6.29. The van der Waals surface area contributed by atoms with Gasteiger partial charge in [0.05, 0.1) is 37.4 Å². The maximum absolute atomic E-state index is 13.6. The molecule has 0 aromatic heterocycles. The van der Waals surface area contributed by atoms with Gasteiger partial charge in [-0.15, -0.1) is 0 Å². The van der Waals surface area contributed by atoms with Crippen molar-refractivity contribution >= 4 is 11.8 Å². The molecule has 2 saturated carbocycles. The Labute approximate surface area is 196 Å². The van der Waals surface area contributed by atoms with E-state index in [4.69, 9.17) is 4.74 Å². The molecule has 2 amide bonds. The zero-order valence-corrected chi connectivity index (χ0v) is 19.7. The van der Waals surface area contributed by atoms with E-state index in [0.29, 0.717) is 38.6 Å². The summed E-state index contributed by atoms with van der Waals surface area (Å²) in [4.78, 5) is 29.9. The second-order valence-electron chi connectivity index (χ2n) is 10.9. The number of ether oxygens (including phenoxy) is 1. The van der Waals surface area contributed by atoms with Crippen LogP contribution in [0.25, 0.3) is 0 Å². The normalized spacial score (nSPS) is 31.5. The minimum atomic E-state index is -0.775. The number of urea groups is 1. The first-order chi connectivity index (χ1) is 15.9. The van der Waals surface area contributed by atoms with E-state index in [9.17, 15) is 14.7 Å². The summed E-state index contributed by atoms with van der Waals surface area (Å²) in [5.41, 5.74) is 0.0770. The summed E-state index contributed by atoms with van der Waals surface area (Å²) in [5.74, 6) is 0.411. The van der Waals surface area contributed by atoms with Crippen molar-refractivity contribution < 1.29 is 19.4 Å². The third-order valence-electron chi connectivity index (χ3n) is 8.73. The summed E-state index contributed by atoms with van der Waals surface area (Å²) < 4.78 is 5.20. The molecular formula is C26H37N3O4. The molecule has 0 atom stereocenters. The summed E-state index contributed by atoms with van der Waals surface area (Å²) in [6.45, 7) is 2.42. The van der Waals surface area contributed by atoms with Crippen LogP contribution in [0.5, 0.6) is 0 Å². The SMILES string of the molecule is CNC1(c2ccccc2)CCC2(CC1)CN(CC(=O)CC1COC1)C(=O)N2CC1(O)CCC1. The van der Waals surface area contributed by atoms with Crippen molar-refractivity contribution in [2.24, 2.45) is 5.92 Å². The third-order valence-corrected chi connectivity index (χ3v) is 8.73. The number of nitrogens with one attached hydrogen (secondary N) is 1. The maximum atomic E-state index is 13.6. The highest BCUT2D eigenvalue weighted by atomic mass is 16.5. The van der Waals surface area contributed by atoms with Crippen LogP contribution in [0, 0.1) is 5.92 Å². The van der Waals surface area contributed by atoms with E-state index in [1.165, 1.54) is 5.56 Å². The topological polar surface area (TPSA) is 82.1 Å². The molecule has 2 heterocycles. The van der Waals surface area contributed by atoms with Gasteiger partial charge in [0.25, 0.3) is 0 Å². The molecule has 33 heavy (non-hydrogen) atoms. The minimum absolute atomic E-state index is 0.0785. The molecule has 1 aromatic carbocycles. The molecule has 0 radical (unpaired) electrons. The van der Waals surface area contributed by atoms with E-state index in [1.807, 2.05) is 18.0 Å². The number of carbonyl (C=O) groups excluding carboxylic acids is 2. The highest BCUT2D eigenvalue weighted by Crippen LogP contribution is 2.48. The van der Waals surface area contributed by atoms with E-state index >= 15 is 0 Å². The second kappa shape index (κ2) is 8.67. The Kier molecular flexibility index (Phi) is 6.00. The van der Waals surface area contributed by atoms with Crippen molar-refractivity contribution in [1.29, 1.82) is 0 Å². The Hall–Kier alpha value is -1.96. The molecule has 2 aliphatic carbocycles. The standard InChI is InChI=1S/C26H37N3O4/c1-27-26(21-6-3-2-4-7-21)12-10-24(11-13-26)18-28(15-22(30)14-20-16-33-17-20)23(31)29(24)19-25(32)8-5-9-25/h2-4,6-7,20,27,32H,5,8-19H2,1H3. The lowest BCUT2D eigenvalue weighted by molar-refractivity contribution is -0.124. The third kappa shape index (κ3) is 4.19. The number of rotatable bonds is 8. The number of aliphatic hydroxyl groups is 1. The molecule has 5 rings (SSSR count). The van der Waals surface area contributed by atoms with Crippen LogP contribution in [0.2, 0.25) is 0 Å². The van der Waals surface area contributed by atoms with Crippen molar-refractivity contribution in [1.82, 2.24) is 15.1 Å². The molecule has 4 fully saturated rings. The summed E-state index contributed by atoms with van der Waals surface area (Å²) in [7, 11) is 2.02. The Morgan fingerprint density at radius 2 is 1.82 bits per heavy atom. The average Bonchev–Trinajstić information content (AvgIpc) is 3.02. The first-order valence-corrected chi connectivity index (χ1v) is 12.5. The number of carbonyl (C=O) groups is 2. The van der Waals surface area contributed by atoms with Gasteiger partial charge in [0.15, 0.2) is 5.78 Å². The largest absolute Gasteiger partial charge is 0.388 e. The van der Waals surface area contributed by atoms with Crippen molar-refractivity contribution in [2.45, 2.75) is 68.0 Å². The fourth-order valence-corrected chi connectivity index (χ4v) is 6.29. The van der Waals surface area contributed by atoms with Crippen LogP contribution in [0.4, 0.5) is 4.79 Å². The Balaban J connectivity index is 1.34. The quantitative estimate of drug-likeness (QED) is 0.630. The van der Waals surface area contributed by atoms with Gasteiger partial charge in [0.2, 0.25) is 0 Å². The van der Waals surface area contributed by atoms with Crippen molar-refractivity contribution in [3.8, 4) is 0 Å². The smallest absolute Gasteiger partial charge is 0.321 e. The van der Waals surface area contributed by atoms with Gasteiger partial charge in [-0.2, -0.15) is 0 Å². The van der Waals surface area contributed by atoms with Crippen molar-refractivity contribution in [3.63, 3.8) is 0 Å². The van der Waals surface area contributed by atoms with Gasteiger partial charge in [-0.3, -0.25) is 4.79 Å².